The highest BCUT2D eigenvalue weighted by atomic mass is 19.2. The standard InChI is InChI=1S/C14H24F2O/c1-9-5-7-12(8-6-9)10(2)13(15)14(16)11(3)17-4/h7,9-11,13-14H,5-6,8H2,1-4H3. The maximum Gasteiger partial charge on any atom is 0.157 e. The zero-order valence-corrected chi connectivity index (χ0v) is 11.2. The summed E-state index contributed by atoms with van der Waals surface area (Å²) >= 11 is 0. The second-order valence-electron chi connectivity index (χ2n) is 5.28. The van der Waals surface area contributed by atoms with Gasteiger partial charge in [0.2, 0.25) is 0 Å². The summed E-state index contributed by atoms with van der Waals surface area (Å²) in [5.41, 5.74) is 1.07. The largest absolute Gasteiger partial charge is 0.379 e. The van der Waals surface area contributed by atoms with Gasteiger partial charge in [0, 0.05) is 13.0 Å². The van der Waals surface area contributed by atoms with Gasteiger partial charge in [-0.05, 0) is 32.1 Å². The fraction of sp³-hybridized carbons (Fsp3) is 0.857. The van der Waals surface area contributed by atoms with Crippen LogP contribution in [0.2, 0.25) is 0 Å². The maximum atomic E-state index is 14.0. The predicted octanol–water partition coefficient (Wildman–Crippen LogP) is 4.08. The maximum absolute atomic E-state index is 14.0. The third-order valence-electron chi connectivity index (χ3n) is 3.90. The molecule has 0 aromatic heterocycles. The van der Waals surface area contributed by atoms with Crippen molar-refractivity contribution >= 4 is 0 Å². The molecule has 0 aromatic carbocycles. The Kier molecular flexibility index (Phi) is 5.57. The van der Waals surface area contributed by atoms with Gasteiger partial charge in [0.05, 0.1) is 6.10 Å². The van der Waals surface area contributed by atoms with Crippen LogP contribution >= 0.6 is 0 Å². The molecule has 1 nitrogen and oxygen atoms in total. The van der Waals surface area contributed by atoms with Gasteiger partial charge < -0.3 is 4.74 Å². The zero-order valence-electron chi connectivity index (χ0n) is 11.2. The molecule has 0 heterocycles. The summed E-state index contributed by atoms with van der Waals surface area (Å²) in [5.74, 6) is 0.332. The summed E-state index contributed by atoms with van der Waals surface area (Å²) < 4.78 is 32.6. The Morgan fingerprint density at radius 1 is 1.29 bits per heavy atom. The summed E-state index contributed by atoms with van der Waals surface area (Å²) in [5, 5.41) is 0. The summed E-state index contributed by atoms with van der Waals surface area (Å²) in [6, 6.07) is 0. The van der Waals surface area contributed by atoms with E-state index in [0.717, 1.165) is 24.8 Å². The van der Waals surface area contributed by atoms with Crippen molar-refractivity contribution in [3.8, 4) is 0 Å². The lowest BCUT2D eigenvalue weighted by Crippen LogP contribution is -2.35. The number of rotatable bonds is 5. The molecule has 5 unspecified atom stereocenters. The van der Waals surface area contributed by atoms with E-state index in [-0.39, 0.29) is 5.92 Å². The molecule has 0 N–H and O–H groups in total. The second kappa shape index (κ2) is 6.48. The number of ether oxygens (including phenoxy) is 1. The van der Waals surface area contributed by atoms with Crippen molar-refractivity contribution < 1.29 is 13.5 Å². The average molecular weight is 246 g/mol. The smallest absolute Gasteiger partial charge is 0.157 e. The van der Waals surface area contributed by atoms with Crippen molar-refractivity contribution in [1.29, 1.82) is 0 Å². The third-order valence-corrected chi connectivity index (χ3v) is 3.90. The Balaban J connectivity index is 2.60. The first-order valence-corrected chi connectivity index (χ1v) is 6.47. The molecule has 100 valence electrons. The van der Waals surface area contributed by atoms with Gasteiger partial charge in [0.1, 0.15) is 6.17 Å². The lowest BCUT2D eigenvalue weighted by atomic mass is 9.82. The number of hydrogen-bond donors (Lipinski definition) is 0. The highest BCUT2D eigenvalue weighted by Crippen LogP contribution is 2.32. The van der Waals surface area contributed by atoms with Gasteiger partial charge in [-0.3, -0.25) is 0 Å². The first kappa shape index (κ1) is 14.6. The normalized spacial score (nSPS) is 28.1. The quantitative estimate of drug-likeness (QED) is 0.664. The third kappa shape index (κ3) is 3.77. The van der Waals surface area contributed by atoms with Gasteiger partial charge in [-0.15, -0.1) is 0 Å². The monoisotopic (exact) mass is 246 g/mol. The molecule has 3 heteroatoms. The highest BCUT2D eigenvalue weighted by Gasteiger charge is 2.33. The Labute approximate surface area is 103 Å². The minimum Gasteiger partial charge on any atom is -0.379 e. The summed E-state index contributed by atoms with van der Waals surface area (Å²) in [6.07, 6.45) is 1.37. The molecular weight excluding hydrogens is 222 g/mol. The van der Waals surface area contributed by atoms with E-state index < -0.39 is 18.4 Å². The van der Waals surface area contributed by atoms with E-state index in [4.69, 9.17) is 4.74 Å². The Morgan fingerprint density at radius 2 is 1.94 bits per heavy atom. The zero-order chi connectivity index (χ0) is 13.0. The Bertz CT molecular complexity index is 265. The molecular formula is C14H24F2O. The Morgan fingerprint density at radius 3 is 2.41 bits per heavy atom. The van der Waals surface area contributed by atoms with Crippen LogP contribution in [0.15, 0.2) is 11.6 Å². The van der Waals surface area contributed by atoms with Gasteiger partial charge >= 0.3 is 0 Å². The van der Waals surface area contributed by atoms with Gasteiger partial charge in [-0.1, -0.05) is 25.5 Å². The molecule has 1 rings (SSSR count). The van der Waals surface area contributed by atoms with E-state index in [1.165, 1.54) is 7.11 Å². The molecule has 0 amide bonds. The number of methoxy groups -OCH3 is 1. The van der Waals surface area contributed by atoms with Crippen molar-refractivity contribution in [2.24, 2.45) is 11.8 Å². The van der Waals surface area contributed by atoms with E-state index >= 15 is 0 Å². The number of halogens is 2. The fourth-order valence-corrected chi connectivity index (χ4v) is 2.27. The molecule has 0 bridgehead atoms. The molecule has 5 atom stereocenters. The van der Waals surface area contributed by atoms with Crippen molar-refractivity contribution in [1.82, 2.24) is 0 Å². The van der Waals surface area contributed by atoms with Crippen molar-refractivity contribution in [2.75, 3.05) is 7.11 Å². The first-order chi connectivity index (χ1) is 7.97. The van der Waals surface area contributed by atoms with Gasteiger partial charge in [-0.25, -0.2) is 8.78 Å². The Hall–Kier alpha value is -0.440. The number of hydrogen-bond acceptors (Lipinski definition) is 1. The molecule has 1 aliphatic rings. The molecule has 0 spiro atoms. The van der Waals surface area contributed by atoms with Gasteiger partial charge in [0.15, 0.2) is 6.17 Å². The van der Waals surface area contributed by atoms with Gasteiger partial charge in [-0.2, -0.15) is 0 Å². The van der Waals surface area contributed by atoms with E-state index in [9.17, 15) is 8.78 Å². The van der Waals surface area contributed by atoms with Crippen LogP contribution in [0.5, 0.6) is 0 Å². The fourth-order valence-electron chi connectivity index (χ4n) is 2.27. The van der Waals surface area contributed by atoms with E-state index in [2.05, 4.69) is 13.0 Å². The van der Waals surface area contributed by atoms with Gasteiger partial charge in [0.25, 0.3) is 0 Å². The van der Waals surface area contributed by atoms with E-state index in [1.54, 1.807) is 13.8 Å². The predicted molar refractivity (Wildman–Crippen MR) is 66.5 cm³/mol. The first-order valence-electron chi connectivity index (χ1n) is 6.47. The number of allylic oxidation sites excluding steroid dienone is 2. The van der Waals surface area contributed by atoms with E-state index in [1.807, 2.05) is 0 Å². The van der Waals surface area contributed by atoms with Crippen LogP contribution in [0.25, 0.3) is 0 Å². The van der Waals surface area contributed by atoms with E-state index in [0.29, 0.717) is 5.92 Å². The van der Waals surface area contributed by atoms with Crippen LogP contribution in [0, 0.1) is 11.8 Å². The van der Waals surface area contributed by atoms with Crippen LogP contribution in [-0.4, -0.2) is 25.6 Å². The van der Waals surface area contributed by atoms with Crippen molar-refractivity contribution in [2.45, 2.75) is 58.5 Å². The summed E-state index contributed by atoms with van der Waals surface area (Å²) in [6.45, 7) is 5.54. The van der Waals surface area contributed by atoms with Crippen LogP contribution in [0.4, 0.5) is 8.78 Å². The minimum absolute atomic E-state index is 0.338. The summed E-state index contributed by atoms with van der Waals surface area (Å²) in [7, 11) is 1.41. The van der Waals surface area contributed by atoms with Crippen LogP contribution in [0.1, 0.15) is 40.0 Å². The lowest BCUT2D eigenvalue weighted by molar-refractivity contribution is -0.00485. The van der Waals surface area contributed by atoms with Crippen molar-refractivity contribution in [3.63, 3.8) is 0 Å². The van der Waals surface area contributed by atoms with Crippen molar-refractivity contribution in [3.05, 3.63) is 11.6 Å². The summed E-state index contributed by atoms with van der Waals surface area (Å²) in [4.78, 5) is 0. The topological polar surface area (TPSA) is 9.23 Å². The molecule has 0 radical (unpaired) electrons. The van der Waals surface area contributed by atoms with Crippen LogP contribution < -0.4 is 0 Å². The highest BCUT2D eigenvalue weighted by molar-refractivity contribution is 5.12. The van der Waals surface area contributed by atoms with Crippen LogP contribution in [-0.2, 0) is 4.74 Å². The molecule has 1 aliphatic carbocycles. The molecule has 0 aliphatic heterocycles. The molecule has 0 aromatic rings. The molecule has 0 saturated heterocycles. The molecule has 0 saturated carbocycles. The molecule has 0 fully saturated rings. The SMILES string of the molecule is COC(C)C(F)C(F)C(C)C1=CCC(C)CC1. The second-order valence-corrected chi connectivity index (χ2v) is 5.28. The van der Waals surface area contributed by atoms with Crippen LogP contribution in [0.3, 0.4) is 0 Å². The number of alkyl halides is 2. The minimum atomic E-state index is -1.55. The molecule has 17 heavy (non-hydrogen) atoms. The lowest BCUT2D eigenvalue weighted by Gasteiger charge is -2.28. The average Bonchev–Trinajstić information content (AvgIpc) is 2.36.